The normalized spacial score (nSPS) is 23.3. The second-order valence-electron chi connectivity index (χ2n) is 4.68. The molecule has 3 N–H and O–H groups in total. The van der Waals surface area contributed by atoms with Gasteiger partial charge in [-0.05, 0) is 59.8 Å². The monoisotopic (exact) mass is 388 g/mol. The largest absolute Gasteiger partial charge is 0.330 e. The van der Waals surface area contributed by atoms with Crippen LogP contribution in [-0.2, 0) is 10.0 Å². The molecule has 1 aliphatic carbocycles. The van der Waals surface area contributed by atoms with Crippen LogP contribution in [-0.4, -0.2) is 21.0 Å². The number of nitrogens with one attached hydrogen (secondary N) is 1. The summed E-state index contributed by atoms with van der Waals surface area (Å²) in [5.74, 6) is 0.268. The lowest BCUT2D eigenvalue weighted by molar-refractivity contribution is 0.453. The molecule has 8 heteroatoms. The molecule has 1 aliphatic rings. The zero-order valence-corrected chi connectivity index (χ0v) is 14.6. The van der Waals surface area contributed by atoms with E-state index in [0.29, 0.717) is 10.8 Å². The highest BCUT2D eigenvalue weighted by Crippen LogP contribution is 2.32. The van der Waals surface area contributed by atoms with Gasteiger partial charge in [-0.25, -0.2) is 13.1 Å². The highest BCUT2D eigenvalue weighted by molar-refractivity contribution is 9.11. The van der Waals surface area contributed by atoms with E-state index in [1.165, 1.54) is 11.3 Å². The summed E-state index contributed by atoms with van der Waals surface area (Å²) in [6, 6.07) is 1.69. The SMILES string of the molecule is Cc1cc(S(=O)(=O)NC2CCCC2CN)sc1Br.Cl. The Bertz CT molecular complexity index is 513. The maximum Gasteiger partial charge on any atom is 0.250 e. The zero-order chi connectivity index (χ0) is 13.3. The first-order chi connectivity index (χ1) is 8.44. The van der Waals surface area contributed by atoms with Crippen molar-refractivity contribution >= 4 is 49.7 Å². The smallest absolute Gasteiger partial charge is 0.250 e. The molecule has 0 bridgehead atoms. The molecule has 0 aromatic carbocycles. The lowest BCUT2D eigenvalue weighted by Crippen LogP contribution is -2.39. The van der Waals surface area contributed by atoms with Crippen molar-refractivity contribution < 1.29 is 8.42 Å². The summed E-state index contributed by atoms with van der Waals surface area (Å²) in [5, 5.41) is 0. The maximum absolute atomic E-state index is 12.3. The average molecular weight is 390 g/mol. The van der Waals surface area contributed by atoms with Gasteiger partial charge in [-0.1, -0.05) is 6.42 Å². The quantitative estimate of drug-likeness (QED) is 0.831. The fourth-order valence-corrected chi connectivity index (χ4v) is 5.88. The minimum Gasteiger partial charge on any atom is -0.330 e. The third kappa shape index (κ3) is 3.92. The molecule has 110 valence electrons. The molecule has 0 saturated heterocycles. The summed E-state index contributed by atoms with van der Waals surface area (Å²) in [7, 11) is -3.41. The minimum atomic E-state index is -3.41. The molecular weight excluding hydrogens is 372 g/mol. The Labute approximate surface area is 132 Å². The number of aryl methyl sites for hydroxylation is 1. The topological polar surface area (TPSA) is 72.2 Å². The van der Waals surface area contributed by atoms with Crippen molar-refractivity contribution in [3.8, 4) is 0 Å². The van der Waals surface area contributed by atoms with Crippen LogP contribution < -0.4 is 10.5 Å². The van der Waals surface area contributed by atoms with E-state index in [4.69, 9.17) is 5.73 Å². The lowest BCUT2D eigenvalue weighted by Gasteiger charge is -2.18. The van der Waals surface area contributed by atoms with Gasteiger partial charge >= 0.3 is 0 Å². The first-order valence-electron chi connectivity index (χ1n) is 5.92. The van der Waals surface area contributed by atoms with Gasteiger partial charge in [-0.15, -0.1) is 23.7 Å². The Hall–Kier alpha value is 0.340. The Morgan fingerprint density at radius 2 is 2.21 bits per heavy atom. The third-order valence-electron chi connectivity index (χ3n) is 3.37. The second kappa shape index (κ2) is 6.87. The van der Waals surface area contributed by atoms with E-state index in [1.54, 1.807) is 6.07 Å². The van der Waals surface area contributed by atoms with Gasteiger partial charge in [-0.3, -0.25) is 0 Å². The molecule has 4 nitrogen and oxygen atoms in total. The predicted octanol–water partition coefficient (Wildman–Crippen LogP) is 2.65. The van der Waals surface area contributed by atoms with Crippen LogP contribution in [0.4, 0.5) is 0 Å². The van der Waals surface area contributed by atoms with Crippen molar-refractivity contribution in [2.24, 2.45) is 11.7 Å². The number of hydrogen-bond donors (Lipinski definition) is 2. The van der Waals surface area contributed by atoms with Crippen LogP contribution >= 0.6 is 39.7 Å². The van der Waals surface area contributed by atoms with E-state index in [-0.39, 0.29) is 24.4 Å². The summed E-state index contributed by atoms with van der Waals surface area (Å²) >= 11 is 4.60. The maximum atomic E-state index is 12.3. The Kier molecular flexibility index (Phi) is 6.28. The average Bonchev–Trinajstić information content (AvgIpc) is 2.86. The molecule has 1 aromatic rings. The molecular formula is C11H18BrClN2O2S2. The van der Waals surface area contributed by atoms with Crippen LogP contribution in [0.3, 0.4) is 0 Å². The molecule has 1 fully saturated rings. The minimum absolute atomic E-state index is 0. The fraction of sp³-hybridized carbons (Fsp3) is 0.636. The zero-order valence-electron chi connectivity index (χ0n) is 10.6. The summed E-state index contributed by atoms with van der Waals surface area (Å²) in [4.78, 5) is 0. The number of thiophene rings is 1. The van der Waals surface area contributed by atoms with Crippen LogP contribution in [0.2, 0.25) is 0 Å². The van der Waals surface area contributed by atoms with E-state index in [2.05, 4.69) is 20.7 Å². The molecule has 19 heavy (non-hydrogen) atoms. The molecule has 1 saturated carbocycles. The summed E-state index contributed by atoms with van der Waals surface area (Å²) < 4.78 is 28.5. The molecule has 1 heterocycles. The van der Waals surface area contributed by atoms with Gasteiger partial charge in [0, 0.05) is 6.04 Å². The van der Waals surface area contributed by atoms with Crippen LogP contribution in [0, 0.1) is 12.8 Å². The molecule has 0 aliphatic heterocycles. The van der Waals surface area contributed by atoms with Crippen LogP contribution in [0.1, 0.15) is 24.8 Å². The number of nitrogens with two attached hydrogens (primary N) is 1. The van der Waals surface area contributed by atoms with Crippen molar-refractivity contribution in [3.05, 3.63) is 15.4 Å². The molecule has 0 spiro atoms. The van der Waals surface area contributed by atoms with Gasteiger partial charge in [0.05, 0.1) is 3.79 Å². The molecule has 2 atom stereocenters. The standard InChI is InChI=1S/C11H17BrN2O2S2.ClH/c1-7-5-10(17-11(7)12)18(15,16)14-9-4-2-3-8(9)6-13;/h5,8-9,14H,2-4,6,13H2,1H3;1H. The molecule has 2 unspecified atom stereocenters. The van der Waals surface area contributed by atoms with Crippen LogP contribution in [0.15, 0.2) is 14.1 Å². The number of hydrogen-bond acceptors (Lipinski definition) is 4. The van der Waals surface area contributed by atoms with Gasteiger partial charge in [0.2, 0.25) is 10.0 Å². The predicted molar refractivity (Wildman–Crippen MR) is 84.5 cm³/mol. The number of sulfonamides is 1. The first kappa shape index (κ1) is 17.4. The van der Waals surface area contributed by atoms with Crippen molar-refractivity contribution in [2.45, 2.75) is 36.4 Å². The van der Waals surface area contributed by atoms with Crippen molar-refractivity contribution in [2.75, 3.05) is 6.54 Å². The van der Waals surface area contributed by atoms with Crippen LogP contribution in [0.25, 0.3) is 0 Å². The van der Waals surface area contributed by atoms with Gasteiger partial charge in [0.15, 0.2) is 0 Å². The van der Waals surface area contributed by atoms with Crippen molar-refractivity contribution in [1.82, 2.24) is 4.72 Å². The summed E-state index contributed by atoms with van der Waals surface area (Å²) in [5.41, 5.74) is 6.62. The van der Waals surface area contributed by atoms with E-state index in [1.807, 2.05) is 6.92 Å². The van der Waals surface area contributed by atoms with E-state index < -0.39 is 10.0 Å². The van der Waals surface area contributed by atoms with Gasteiger partial charge in [-0.2, -0.15) is 0 Å². The molecule has 0 amide bonds. The van der Waals surface area contributed by atoms with E-state index in [0.717, 1.165) is 28.6 Å². The fourth-order valence-electron chi connectivity index (χ4n) is 2.30. The Morgan fingerprint density at radius 1 is 1.53 bits per heavy atom. The Balaban J connectivity index is 0.00000180. The Morgan fingerprint density at radius 3 is 2.74 bits per heavy atom. The third-order valence-corrected chi connectivity index (χ3v) is 7.47. The van der Waals surface area contributed by atoms with Crippen LogP contribution in [0.5, 0.6) is 0 Å². The van der Waals surface area contributed by atoms with Gasteiger partial charge < -0.3 is 5.73 Å². The lowest BCUT2D eigenvalue weighted by atomic mass is 10.1. The molecule has 2 rings (SSSR count). The second-order valence-corrected chi connectivity index (χ2v) is 8.99. The van der Waals surface area contributed by atoms with Crippen molar-refractivity contribution in [1.29, 1.82) is 0 Å². The molecule has 1 aromatic heterocycles. The summed E-state index contributed by atoms with van der Waals surface area (Å²) in [6.07, 6.45) is 2.94. The number of rotatable bonds is 4. The molecule has 0 radical (unpaired) electrons. The first-order valence-corrected chi connectivity index (χ1v) is 9.01. The highest BCUT2D eigenvalue weighted by atomic mass is 79.9. The van der Waals surface area contributed by atoms with Gasteiger partial charge in [0.25, 0.3) is 0 Å². The van der Waals surface area contributed by atoms with Gasteiger partial charge in [0.1, 0.15) is 4.21 Å². The number of halogens is 2. The highest BCUT2D eigenvalue weighted by Gasteiger charge is 2.31. The van der Waals surface area contributed by atoms with E-state index >= 15 is 0 Å². The van der Waals surface area contributed by atoms with E-state index in [9.17, 15) is 8.42 Å². The summed E-state index contributed by atoms with van der Waals surface area (Å²) in [6.45, 7) is 2.43. The van der Waals surface area contributed by atoms with Crippen molar-refractivity contribution in [3.63, 3.8) is 0 Å².